The van der Waals surface area contributed by atoms with Gasteiger partial charge in [0.05, 0.1) is 22.8 Å². The summed E-state index contributed by atoms with van der Waals surface area (Å²) in [7, 11) is 0. The van der Waals surface area contributed by atoms with Gasteiger partial charge in [0, 0.05) is 19.2 Å². The van der Waals surface area contributed by atoms with E-state index in [4.69, 9.17) is 10.5 Å². The largest absolute Gasteiger partial charge is 0.420 e. The molecule has 0 saturated heterocycles. The number of benzene rings is 1. The van der Waals surface area contributed by atoms with E-state index in [9.17, 15) is 24.5 Å². The molecule has 0 aliphatic rings. The van der Waals surface area contributed by atoms with Gasteiger partial charge in [0.1, 0.15) is 6.20 Å². The summed E-state index contributed by atoms with van der Waals surface area (Å²) in [6.07, 6.45) is -0.706. The second-order valence-electron chi connectivity index (χ2n) is 5.96. The molecule has 1 heterocycles. The Bertz CT molecular complexity index is 980. The fourth-order valence-corrected chi connectivity index (χ4v) is 2.96. The molecule has 0 spiro atoms. The smallest absolute Gasteiger partial charge is 0.406 e. The number of nitro groups is 1. The Morgan fingerprint density at radius 2 is 2.06 bits per heavy atom. The lowest BCUT2D eigenvalue weighted by Gasteiger charge is -2.15. The number of primary amides is 1. The minimum absolute atomic E-state index is 0.0529. The average Bonchev–Trinajstić information content (AvgIpc) is 3.13. The third-order valence-corrected chi connectivity index (χ3v) is 4.40. The first kappa shape index (κ1) is 23.5. The van der Waals surface area contributed by atoms with Crippen LogP contribution in [0.25, 0.3) is 0 Å². The Kier molecular flexibility index (Phi) is 8.22. The minimum atomic E-state index is -0.943. The second kappa shape index (κ2) is 10.8. The summed E-state index contributed by atoms with van der Waals surface area (Å²) in [5.74, 6) is -0.989. The van der Waals surface area contributed by atoms with Crippen molar-refractivity contribution in [2.24, 2.45) is 5.73 Å². The van der Waals surface area contributed by atoms with E-state index in [0.717, 1.165) is 6.20 Å². The Hall–Kier alpha value is -3.78. The molecule has 0 saturated carbocycles. The van der Waals surface area contributed by atoms with Crippen LogP contribution in [-0.2, 0) is 14.3 Å². The zero-order chi connectivity index (χ0) is 23.0. The first-order valence-corrected chi connectivity index (χ1v) is 9.62. The van der Waals surface area contributed by atoms with Gasteiger partial charge in [0.15, 0.2) is 5.13 Å². The monoisotopic (exact) mass is 452 g/mol. The molecule has 1 unspecified atom stereocenters. The predicted octanol–water partition coefficient (Wildman–Crippen LogP) is 2.13. The number of nitrogens with zero attached hydrogens (tertiary/aromatic N) is 2. The van der Waals surface area contributed by atoms with Crippen molar-refractivity contribution in [1.82, 2.24) is 4.98 Å². The van der Waals surface area contributed by atoms with E-state index in [1.54, 1.807) is 12.1 Å². The van der Waals surface area contributed by atoms with Gasteiger partial charge in [0.2, 0.25) is 12.2 Å². The molecule has 3 amide bonds. The highest BCUT2D eigenvalue weighted by molar-refractivity contribution is 7.18. The topological polar surface area (TPSA) is 188 Å². The van der Waals surface area contributed by atoms with Crippen LogP contribution in [0.3, 0.4) is 0 Å². The molecular weight excluding hydrogens is 432 g/mol. The average molecular weight is 452 g/mol. The van der Waals surface area contributed by atoms with Crippen molar-refractivity contribution in [3.63, 3.8) is 0 Å². The lowest BCUT2D eigenvalue weighted by atomic mass is 10.1. The summed E-state index contributed by atoms with van der Waals surface area (Å²) in [6.45, 7) is 3.33. The van der Waals surface area contributed by atoms with Gasteiger partial charge >= 0.3 is 11.1 Å². The standard InChI is InChI=1S/C17H20N6O7S/c1-9(24)21-13-7-11(19-5-6-29-10(2)30-16(18)26)3-4-12(13)15(25)22-17-20-8-14(31-17)23(27)28/h3-4,7-8,10,19H,5-6H2,1-2H3,(H2,18,26)(H,21,24)(H,20,22,25). The molecule has 1 aromatic heterocycles. The molecular formula is C17H20N6O7S. The van der Waals surface area contributed by atoms with E-state index >= 15 is 0 Å². The number of thiazole rings is 1. The number of nitrogens with two attached hydrogens (primary N) is 1. The molecule has 14 heteroatoms. The minimum Gasteiger partial charge on any atom is -0.420 e. The summed E-state index contributed by atoms with van der Waals surface area (Å²) in [6, 6.07) is 4.63. The van der Waals surface area contributed by atoms with Crippen molar-refractivity contribution < 1.29 is 28.8 Å². The summed E-state index contributed by atoms with van der Waals surface area (Å²) < 4.78 is 9.87. The molecule has 1 atom stereocenters. The van der Waals surface area contributed by atoms with Crippen LogP contribution >= 0.6 is 11.3 Å². The highest BCUT2D eigenvalue weighted by atomic mass is 32.1. The number of nitrogens with one attached hydrogen (secondary N) is 3. The highest BCUT2D eigenvalue weighted by Gasteiger charge is 2.17. The van der Waals surface area contributed by atoms with E-state index in [1.807, 2.05) is 0 Å². The van der Waals surface area contributed by atoms with Gasteiger partial charge in [0.25, 0.3) is 5.91 Å². The van der Waals surface area contributed by atoms with Crippen LogP contribution in [0.5, 0.6) is 0 Å². The molecule has 0 aliphatic heterocycles. The molecule has 5 N–H and O–H groups in total. The van der Waals surface area contributed by atoms with E-state index in [1.165, 1.54) is 19.9 Å². The Balaban J connectivity index is 2.04. The van der Waals surface area contributed by atoms with Gasteiger partial charge in [-0.3, -0.25) is 25.0 Å². The van der Waals surface area contributed by atoms with Crippen molar-refractivity contribution >= 4 is 50.8 Å². The molecule has 0 aliphatic carbocycles. The van der Waals surface area contributed by atoms with Gasteiger partial charge in [-0.25, -0.2) is 9.78 Å². The normalized spacial score (nSPS) is 11.3. The molecule has 0 bridgehead atoms. The third kappa shape index (κ3) is 7.52. The fraction of sp³-hybridized carbons (Fsp3) is 0.294. The van der Waals surface area contributed by atoms with Crippen LogP contribution in [0, 0.1) is 10.1 Å². The maximum atomic E-state index is 12.6. The second-order valence-corrected chi connectivity index (χ2v) is 6.97. The van der Waals surface area contributed by atoms with Gasteiger partial charge in [-0.15, -0.1) is 0 Å². The van der Waals surface area contributed by atoms with Crippen molar-refractivity contribution in [2.45, 2.75) is 20.1 Å². The molecule has 2 rings (SSSR count). The summed E-state index contributed by atoms with van der Waals surface area (Å²) >= 11 is 0.711. The lowest BCUT2D eigenvalue weighted by Crippen LogP contribution is -2.24. The fourth-order valence-electron chi connectivity index (χ4n) is 2.34. The maximum Gasteiger partial charge on any atom is 0.406 e. The van der Waals surface area contributed by atoms with Crippen LogP contribution < -0.4 is 21.7 Å². The number of hydrogen-bond donors (Lipinski definition) is 4. The summed E-state index contributed by atoms with van der Waals surface area (Å²) in [5.41, 5.74) is 5.84. The SMILES string of the molecule is CC(=O)Nc1cc(NCCOC(C)OC(N)=O)ccc1C(=O)Nc1ncc([N+](=O)[O-])s1. The summed E-state index contributed by atoms with van der Waals surface area (Å²) in [5, 5.41) is 18.7. The molecule has 31 heavy (non-hydrogen) atoms. The number of aromatic nitrogens is 1. The van der Waals surface area contributed by atoms with Crippen molar-refractivity contribution in [2.75, 3.05) is 29.1 Å². The number of carbonyl (C=O) groups excluding carboxylic acids is 3. The Labute approximate surface area is 180 Å². The number of amides is 3. The van der Waals surface area contributed by atoms with E-state index in [0.29, 0.717) is 23.6 Å². The van der Waals surface area contributed by atoms with Crippen molar-refractivity contribution in [3.8, 4) is 0 Å². The van der Waals surface area contributed by atoms with Gasteiger partial charge in [-0.05, 0) is 36.5 Å². The van der Waals surface area contributed by atoms with Crippen LogP contribution in [0.15, 0.2) is 24.4 Å². The van der Waals surface area contributed by atoms with Crippen LogP contribution in [0.1, 0.15) is 24.2 Å². The van der Waals surface area contributed by atoms with Gasteiger partial charge in [-0.1, -0.05) is 0 Å². The van der Waals surface area contributed by atoms with Gasteiger partial charge < -0.3 is 25.8 Å². The molecule has 0 radical (unpaired) electrons. The zero-order valence-electron chi connectivity index (χ0n) is 16.5. The van der Waals surface area contributed by atoms with Gasteiger partial charge in [-0.2, -0.15) is 0 Å². The Morgan fingerprint density at radius 1 is 1.32 bits per heavy atom. The molecule has 0 fully saturated rings. The Morgan fingerprint density at radius 3 is 2.68 bits per heavy atom. The molecule has 13 nitrogen and oxygen atoms in total. The first-order valence-electron chi connectivity index (χ1n) is 8.80. The maximum absolute atomic E-state index is 12.6. The van der Waals surface area contributed by atoms with Crippen molar-refractivity contribution in [3.05, 3.63) is 40.1 Å². The number of ether oxygens (including phenoxy) is 2. The highest BCUT2D eigenvalue weighted by Crippen LogP contribution is 2.27. The van der Waals surface area contributed by atoms with Crippen molar-refractivity contribution in [1.29, 1.82) is 0 Å². The quantitative estimate of drug-likeness (QED) is 0.181. The zero-order valence-corrected chi connectivity index (χ0v) is 17.4. The molecule has 2 aromatic rings. The van der Waals surface area contributed by atoms with E-state index in [2.05, 4.69) is 25.7 Å². The first-order chi connectivity index (χ1) is 14.7. The molecule has 1 aromatic carbocycles. The summed E-state index contributed by atoms with van der Waals surface area (Å²) in [4.78, 5) is 48.7. The van der Waals surface area contributed by atoms with Crippen LogP contribution in [0.2, 0.25) is 0 Å². The number of carbonyl (C=O) groups is 3. The van der Waals surface area contributed by atoms with Crippen LogP contribution in [0.4, 0.5) is 26.3 Å². The van der Waals surface area contributed by atoms with E-state index in [-0.39, 0.29) is 28.0 Å². The number of hydrogen-bond acceptors (Lipinski definition) is 10. The predicted molar refractivity (Wildman–Crippen MR) is 112 cm³/mol. The van der Waals surface area contributed by atoms with E-state index < -0.39 is 29.1 Å². The third-order valence-electron chi connectivity index (χ3n) is 3.53. The van der Waals surface area contributed by atoms with Crippen LogP contribution in [-0.4, -0.2) is 47.3 Å². The number of rotatable bonds is 10. The number of anilines is 3. The lowest BCUT2D eigenvalue weighted by molar-refractivity contribution is -0.380. The molecule has 166 valence electrons.